The van der Waals surface area contributed by atoms with Crippen LogP contribution in [-0.4, -0.2) is 23.7 Å². The smallest absolute Gasteiger partial charge is 0.229 e. The molecule has 0 saturated carbocycles. The largest absolute Gasteiger partial charge is 0.393 e. The third-order valence-corrected chi connectivity index (χ3v) is 3.34. The molecule has 1 amide bonds. The number of piperidine rings is 1. The van der Waals surface area contributed by atoms with Crippen LogP contribution < -0.4 is 4.90 Å². The van der Waals surface area contributed by atoms with Crippen molar-refractivity contribution >= 4 is 23.2 Å². The molecule has 1 aliphatic heterocycles. The Hall–Kier alpha value is -1.06. The summed E-state index contributed by atoms with van der Waals surface area (Å²) in [6.07, 6.45) is 0.326. The molecule has 0 spiro atoms. The number of anilines is 1. The summed E-state index contributed by atoms with van der Waals surface area (Å²) >= 11 is 6.02. The lowest BCUT2D eigenvalue weighted by Crippen LogP contribution is -2.41. The van der Waals surface area contributed by atoms with Crippen LogP contribution in [0.2, 0.25) is 5.02 Å². The molecular weight excluding hydrogens is 226 g/mol. The maximum absolute atomic E-state index is 11.8. The standard InChI is InChI=1S/C12H14ClNO2/c1-8-10(13)3-2-4-11(8)14-6-5-9(15)7-12(14)16/h2-4,9,15H,5-7H2,1H3. The van der Waals surface area contributed by atoms with E-state index >= 15 is 0 Å². The van der Waals surface area contributed by atoms with E-state index in [1.54, 1.807) is 4.90 Å². The van der Waals surface area contributed by atoms with E-state index < -0.39 is 6.10 Å². The number of carbonyl (C=O) groups excluding carboxylic acids is 1. The van der Waals surface area contributed by atoms with Gasteiger partial charge in [-0.1, -0.05) is 17.7 Å². The fraction of sp³-hybridized carbons (Fsp3) is 0.417. The molecule has 1 aromatic rings. The number of nitrogens with zero attached hydrogens (tertiary/aromatic N) is 1. The summed E-state index contributed by atoms with van der Waals surface area (Å²) in [5.74, 6) is -0.0379. The summed E-state index contributed by atoms with van der Waals surface area (Å²) in [4.78, 5) is 13.5. The first-order valence-electron chi connectivity index (χ1n) is 5.33. The van der Waals surface area contributed by atoms with Crippen molar-refractivity contribution in [3.8, 4) is 0 Å². The number of amides is 1. The van der Waals surface area contributed by atoms with Crippen molar-refractivity contribution in [2.24, 2.45) is 0 Å². The molecule has 0 bridgehead atoms. The third-order valence-electron chi connectivity index (χ3n) is 2.93. The molecule has 1 fully saturated rings. The number of hydrogen-bond donors (Lipinski definition) is 1. The fourth-order valence-electron chi connectivity index (χ4n) is 1.96. The van der Waals surface area contributed by atoms with E-state index in [4.69, 9.17) is 11.6 Å². The average molecular weight is 240 g/mol. The topological polar surface area (TPSA) is 40.5 Å². The molecule has 1 unspecified atom stereocenters. The van der Waals surface area contributed by atoms with Gasteiger partial charge in [-0.15, -0.1) is 0 Å². The van der Waals surface area contributed by atoms with Crippen LogP contribution in [0.15, 0.2) is 18.2 Å². The number of halogens is 1. The van der Waals surface area contributed by atoms with Crippen molar-refractivity contribution in [1.29, 1.82) is 0 Å². The SMILES string of the molecule is Cc1c(Cl)cccc1N1CCC(O)CC1=O. The Kier molecular flexibility index (Phi) is 3.17. The van der Waals surface area contributed by atoms with Gasteiger partial charge in [0.2, 0.25) is 5.91 Å². The first kappa shape index (κ1) is 11.4. The summed E-state index contributed by atoms with van der Waals surface area (Å²) in [6.45, 7) is 2.46. The predicted octanol–water partition coefficient (Wildman–Crippen LogP) is 2.14. The van der Waals surface area contributed by atoms with Crippen molar-refractivity contribution in [3.63, 3.8) is 0 Å². The van der Waals surface area contributed by atoms with Gasteiger partial charge >= 0.3 is 0 Å². The van der Waals surface area contributed by atoms with E-state index in [2.05, 4.69) is 0 Å². The van der Waals surface area contributed by atoms with Crippen LogP contribution in [0.4, 0.5) is 5.69 Å². The van der Waals surface area contributed by atoms with E-state index in [1.165, 1.54) is 0 Å². The number of aliphatic hydroxyl groups excluding tert-OH is 1. The number of aliphatic hydroxyl groups is 1. The van der Waals surface area contributed by atoms with Gasteiger partial charge in [-0.25, -0.2) is 0 Å². The second-order valence-electron chi connectivity index (χ2n) is 4.08. The molecule has 0 radical (unpaired) electrons. The van der Waals surface area contributed by atoms with Gasteiger partial charge in [0, 0.05) is 17.3 Å². The lowest BCUT2D eigenvalue weighted by atomic mass is 10.0. The van der Waals surface area contributed by atoms with Crippen LogP contribution in [-0.2, 0) is 4.79 Å². The molecule has 2 rings (SSSR count). The van der Waals surface area contributed by atoms with Gasteiger partial charge < -0.3 is 10.0 Å². The molecule has 1 atom stereocenters. The lowest BCUT2D eigenvalue weighted by Gasteiger charge is -2.30. The molecule has 1 N–H and O–H groups in total. The zero-order chi connectivity index (χ0) is 11.7. The number of hydrogen-bond acceptors (Lipinski definition) is 2. The van der Waals surface area contributed by atoms with Crippen LogP contribution >= 0.6 is 11.6 Å². The normalized spacial score (nSPS) is 21.3. The Labute approximate surface area is 99.6 Å². The summed E-state index contributed by atoms with van der Waals surface area (Å²) in [5.41, 5.74) is 1.76. The number of carbonyl (C=O) groups is 1. The molecule has 0 aromatic heterocycles. The monoisotopic (exact) mass is 239 g/mol. The lowest BCUT2D eigenvalue weighted by molar-refractivity contribution is -0.122. The fourth-order valence-corrected chi connectivity index (χ4v) is 2.13. The highest BCUT2D eigenvalue weighted by atomic mass is 35.5. The Balaban J connectivity index is 2.30. The molecule has 4 heteroatoms. The highest BCUT2D eigenvalue weighted by Crippen LogP contribution is 2.29. The zero-order valence-electron chi connectivity index (χ0n) is 9.11. The van der Waals surface area contributed by atoms with Crippen LogP contribution in [0.1, 0.15) is 18.4 Å². The quantitative estimate of drug-likeness (QED) is 0.816. The molecule has 1 aliphatic rings. The van der Waals surface area contributed by atoms with Crippen molar-refractivity contribution in [2.75, 3.05) is 11.4 Å². The summed E-state index contributed by atoms with van der Waals surface area (Å²) < 4.78 is 0. The van der Waals surface area contributed by atoms with Gasteiger partial charge in [-0.3, -0.25) is 4.79 Å². The van der Waals surface area contributed by atoms with Crippen LogP contribution in [0, 0.1) is 6.92 Å². The molecule has 0 aliphatic carbocycles. The van der Waals surface area contributed by atoms with Crippen LogP contribution in [0.3, 0.4) is 0 Å². The van der Waals surface area contributed by atoms with Gasteiger partial charge in [0.25, 0.3) is 0 Å². The van der Waals surface area contributed by atoms with E-state index in [-0.39, 0.29) is 12.3 Å². The predicted molar refractivity (Wildman–Crippen MR) is 63.8 cm³/mol. The maximum Gasteiger partial charge on any atom is 0.229 e. The second kappa shape index (κ2) is 4.44. The van der Waals surface area contributed by atoms with Crippen molar-refractivity contribution in [2.45, 2.75) is 25.9 Å². The second-order valence-corrected chi connectivity index (χ2v) is 4.48. The minimum atomic E-state index is -0.497. The Morgan fingerprint density at radius 3 is 2.94 bits per heavy atom. The van der Waals surface area contributed by atoms with Crippen molar-refractivity contribution < 1.29 is 9.90 Å². The van der Waals surface area contributed by atoms with E-state index in [0.717, 1.165) is 11.3 Å². The third kappa shape index (κ3) is 2.06. The summed E-state index contributed by atoms with van der Waals surface area (Å²) in [6, 6.07) is 5.53. The average Bonchev–Trinajstić information content (AvgIpc) is 2.23. The number of rotatable bonds is 1. The van der Waals surface area contributed by atoms with E-state index in [0.29, 0.717) is 18.0 Å². The maximum atomic E-state index is 11.8. The summed E-state index contributed by atoms with van der Waals surface area (Å²) in [7, 11) is 0. The molecular formula is C12H14ClNO2. The van der Waals surface area contributed by atoms with Crippen molar-refractivity contribution in [3.05, 3.63) is 28.8 Å². The molecule has 16 heavy (non-hydrogen) atoms. The summed E-state index contributed by atoms with van der Waals surface area (Å²) in [5, 5.41) is 10.1. The molecule has 3 nitrogen and oxygen atoms in total. The van der Waals surface area contributed by atoms with Gasteiger partial charge in [0.15, 0.2) is 0 Å². The van der Waals surface area contributed by atoms with Gasteiger partial charge in [0.1, 0.15) is 0 Å². The minimum Gasteiger partial charge on any atom is -0.393 e. The molecule has 1 heterocycles. The van der Waals surface area contributed by atoms with Gasteiger partial charge in [-0.2, -0.15) is 0 Å². The van der Waals surface area contributed by atoms with Crippen LogP contribution in [0.5, 0.6) is 0 Å². The first-order valence-corrected chi connectivity index (χ1v) is 5.71. The molecule has 1 saturated heterocycles. The Bertz CT molecular complexity index is 419. The minimum absolute atomic E-state index is 0.0379. The highest BCUT2D eigenvalue weighted by molar-refractivity contribution is 6.31. The highest BCUT2D eigenvalue weighted by Gasteiger charge is 2.26. The molecule has 1 aromatic carbocycles. The Morgan fingerprint density at radius 2 is 2.25 bits per heavy atom. The van der Waals surface area contributed by atoms with E-state index in [1.807, 2.05) is 25.1 Å². The zero-order valence-corrected chi connectivity index (χ0v) is 9.87. The number of benzene rings is 1. The van der Waals surface area contributed by atoms with Crippen molar-refractivity contribution in [1.82, 2.24) is 0 Å². The Morgan fingerprint density at radius 1 is 1.50 bits per heavy atom. The first-order chi connectivity index (χ1) is 7.59. The van der Waals surface area contributed by atoms with Crippen LogP contribution in [0.25, 0.3) is 0 Å². The van der Waals surface area contributed by atoms with Gasteiger partial charge in [-0.05, 0) is 31.0 Å². The molecule has 86 valence electrons. The van der Waals surface area contributed by atoms with Gasteiger partial charge in [0.05, 0.1) is 12.5 Å². The van der Waals surface area contributed by atoms with E-state index in [9.17, 15) is 9.90 Å².